The van der Waals surface area contributed by atoms with Crippen LogP contribution in [0.1, 0.15) is 29.5 Å². The molecule has 1 spiro atoms. The topological polar surface area (TPSA) is 52.7 Å². The zero-order chi connectivity index (χ0) is 19.7. The number of amides is 3. The Morgan fingerprint density at radius 2 is 1.71 bits per heavy atom. The molecule has 3 amide bonds. The molecule has 2 aromatic carbocycles. The fraction of sp³-hybridized carbons (Fsp3) is 0.364. The van der Waals surface area contributed by atoms with E-state index in [9.17, 15) is 9.59 Å². The van der Waals surface area contributed by atoms with Crippen LogP contribution >= 0.6 is 11.6 Å². The van der Waals surface area contributed by atoms with Crippen molar-refractivity contribution in [3.8, 4) is 0 Å². The number of rotatable bonds is 4. The highest BCUT2D eigenvalue weighted by Gasteiger charge is 2.52. The molecule has 2 saturated heterocycles. The summed E-state index contributed by atoms with van der Waals surface area (Å²) in [7, 11) is 0. The smallest absolute Gasteiger partial charge is 0.323 e. The van der Waals surface area contributed by atoms with Gasteiger partial charge in [-0.3, -0.25) is 14.6 Å². The van der Waals surface area contributed by atoms with Crippen molar-refractivity contribution in [1.29, 1.82) is 0 Å². The summed E-state index contributed by atoms with van der Waals surface area (Å²) in [5.41, 5.74) is 2.66. The van der Waals surface area contributed by atoms with Gasteiger partial charge in [-0.2, -0.15) is 0 Å². The van der Waals surface area contributed by atoms with Crippen LogP contribution in [0, 0.1) is 6.92 Å². The Labute approximate surface area is 170 Å². The fourth-order valence-electron chi connectivity index (χ4n) is 4.09. The predicted molar refractivity (Wildman–Crippen MR) is 109 cm³/mol. The number of hydrogen-bond donors (Lipinski definition) is 1. The van der Waals surface area contributed by atoms with Crippen LogP contribution < -0.4 is 5.32 Å². The van der Waals surface area contributed by atoms with E-state index >= 15 is 0 Å². The SMILES string of the molecule is Cc1cccc(CN2CCC3(CC2)NC(=O)N(Cc2ccc(Cl)cc2)C3=O)c1. The summed E-state index contributed by atoms with van der Waals surface area (Å²) in [6.45, 7) is 4.81. The number of piperidine rings is 1. The number of halogens is 1. The van der Waals surface area contributed by atoms with Gasteiger partial charge in [-0.15, -0.1) is 0 Å². The largest absolute Gasteiger partial charge is 0.325 e. The number of likely N-dealkylation sites (tertiary alicyclic amines) is 1. The number of carbonyl (C=O) groups is 2. The Hall–Kier alpha value is -2.37. The molecule has 2 heterocycles. The Bertz CT molecular complexity index is 889. The Morgan fingerprint density at radius 3 is 2.39 bits per heavy atom. The van der Waals surface area contributed by atoms with Crippen LogP contribution in [0.15, 0.2) is 48.5 Å². The Morgan fingerprint density at radius 1 is 1.00 bits per heavy atom. The molecular formula is C22H24ClN3O2. The van der Waals surface area contributed by atoms with Crippen molar-refractivity contribution in [3.63, 3.8) is 0 Å². The fourth-order valence-corrected chi connectivity index (χ4v) is 4.22. The highest BCUT2D eigenvalue weighted by atomic mass is 35.5. The first-order valence-corrected chi connectivity index (χ1v) is 9.99. The van der Waals surface area contributed by atoms with Crippen molar-refractivity contribution >= 4 is 23.5 Å². The Kier molecular flexibility index (Phi) is 5.13. The molecule has 4 rings (SSSR count). The lowest BCUT2D eigenvalue weighted by Gasteiger charge is -2.37. The third-order valence-electron chi connectivity index (χ3n) is 5.70. The summed E-state index contributed by atoms with van der Waals surface area (Å²) < 4.78 is 0. The maximum absolute atomic E-state index is 13.1. The van der Waals surface area contributed by atoms with Crippen molar-refractivity contribution in [2.24, 2.45) is 0 Å². The van der Waals surface area contributed by atoms with Crippen LogP contribution in [0.25, 0.3) is 0 Å². The third-order valence-corrected chi connectivity index (χ3v) is 5.95. The van der Waals surface area contributed by atoms with E-state index in [0.29, 0.717) is 17.9 Å². The summed E-state index contributed by atoms with van der Waals surface area (Å²) in [5, 5.41) is 3.62. The van der Waals surface area contributed by atoms with Gasteiger partial charge in [-0.1, -0.05) is 53.6 Å². The maximum atomic E-state index is 13.1. The van der Waals surface area contributed by atoms with Crippen LogP contribution in [0.3, 0.4) is 0 Å². The van der Waals surface area contributed by atoms with E-state index in [1.54, 1.807) is 12.1 Å². The lowest BCUT2D eigenvalue weighted by Crippen LogP contribution is -2.54. The molecule has 1 N–H and O–H groups in total. The molecule has 0 aromatic heterocycles. The molecule has 0 radical (unpaired) electrons. The molecule has 0 saturated carbocycles. The summed E-state index contributed by atoms with van der Waals surface area (Å²) in [6, 6.07) is 15.4. The summed E-state index contributed by atoms with van der Waals surface area (Å²) >= 11 is 5.92. The standard InChI is InChI=1S/C22H24ClN3O2/c1-16-3-2-4-18(13-16)14-25-11-9-22(10-12-25)20(27)26(21(28)24-22)15-17-5-7-19(23)8-6-17/h2-8,13H,9-12,14-15H2,1H3,(H,24,28). The molecule has 0 bridgehead atoms. The van der Waals surface area contributed by atoms with Crippen LogP contribution in [0.2, 0.25) is 5.02 Å². The summed E-state index contributed by atoms with van der Waals surface area (Å²) in [4.78, 5) is 29.2. The van der Waals surface area contributed by atoms with Crippen LogP contribution in [0.4, 0.5) is 4.79 Å². The quantitative estimate of drug-likeness (QED) is 0.799. The molecule has 2 aliphatic rings. The minimum atomic E-state index is -0.757. The molecule has 2 aromatic rings. The van der Waals surface area contributed by atoms with Gasteiger partial charge in [-0.25, -0.2) is 4.79 Å². The molecule has 0 atom stereocenters. The first-order chi connectivity index (χ1) is 13.4. The van der Waals surface area contributed by atoms with Crippen molar-refractivity contribution in [2.75, 3.05) is 13.1 Å². The number of imide groups is 1. The molecule has 0 unspecified atom stereocenters. The van der Waals surface area contributed by atoms with Crippen LogP contribution in [0.5, 0.6) is 0 Å². The van der Waals surface area contributed by atoms with Gasteiger partial charge in [-0.05, 0) is 43.0 Å². The minimum absolute atomic E-state index is 0.109. The minimum Gasteiger partial charge on any atom is -0.323 e. The number of hydrogen-bond acceptors (Lipinski definition) is 3. The van der Waals surface area contributed by atoms with E-state index in [1.165, 1.54) is 16.0 Å². The first-order valence-electron chi connectivity index (χ1n) is 9.62. The summed E-state index contributed by atoms with van der Waals surface area (Å²) in [5.74, 6) is -0.109. The lowest BCUT2D eigenvalue weighted by molar-refractivity contribution is -0.133. The van der Waals surface area contributed by atoms with Gasteiger partial charge in [0.05, 0.1) is 6.54 Å². The van der Waals surface area contributed by atoms with Gasteiger partial charge in [0.25, 0.3) is 5.91 Å². The van der Waals surface area contributed by atoms with E-state index in [1.807, 2.05) is 12.1 Å². The average Bonchev–Trinajstić information content (AvgIpc) is 2.90. The second kappa shape index (κ2) is 7.57. The predicted octanol–water partition coefficient (Wildman–Crippen LogP) is 3.74. The summed E-state index contributed by atoms with van der Waals surface area (Å²) in [6.07, 6.45) is 1.28. The van der Waals surface area contributed by atoms with Crippen molar-refractivity contribution in [2.45, 2.75) is 38.4 Å². The number of aryl methyl sites for hydroxylation is 1. The van der Waals surface area contributed by atoms with E-state index in [0.717, 1.165) is 25.2 Å². The highest BCUT2D eigenvalue weighted by molar-refractivity contribution is 6.30. The maximum Gasteiger partial charge on any atom is 0.325 e. The normalized spacial score (nSPS) is 19.3. The van der Waals surface area contributed by atoms with Gasteiger partial charge in [0.15, 0.2) is 0 Å². The number of benzene rings is 2. The van der Waals surface area contributed by atoms with Gasteiger partial charge in [0.1, 0.15) is 5.54 Å². The molecule has 146 valence electrons. The molecule has 5 nitrogen and oxygen atoms in total. The molecule has 2 aliphatic heterocycles. The second-order valence-electron chi connectivity index (χ2n) is 7.80. The molecule has 2 fully saturated rings. The first kappa shape index (κ1) is 19.0. The number of carbonyl (C=O) groups excluding carboxylic acids is 2. The molecular weight excluding hydrogens is 374 g/mol. The van der Waals surface area contributed by atoms with E-state index in [2.05, 4.69) is 41.4 Å². The highest BCUT2D eigenvalue weighted by Crippen LogP contribution is 2.31. The van der Waals surface area contributed by atoms with Crippen LogP contribution in [-0.2, 0) is 17.9 Å². The molecule has 6 heteroatoms. The number of urea groups is 1. The van der Waals surface area contributed by atoms with Crippen molar-refractivity contribution in [3.05, 3.63) is 70.2 Å². The molecule has 0 aliphatic carbocycles. The van der Waals surface area contributed by atoms with E-state index in [-0.39, 0.29) is 18.5 Å². The van der Waals surface area contributed by atoms with Gasteiger partial charge >= 0.3 is 6.03 Å². The van der Waals surface area contributed by atoms with Crippen molar-refractivity contribution in [1.82, 2.24) is 15.1 Å². The lowest BCUT2D eigenvalue weighted by atomic mass is 9.87. The van der Waals surface area contributed by atoms with Gasteiger partial charge < -0.3 is 5.32 Å². The second-order valence-corrected chi connectivity index (χ2v) is 8.23. The van der Waals surface area contributed by atoms with Gasteiger partial charge in [0.2, 0.25) is 0 Å². The van der Waals surface area contributed by atoms with E-state index in [4.69, 9.17) is 11.6 Å². The van der Waals surface area contributed by atoms with Crippen molar-refractivity contribution < 1.29 is 9.59 Å². The zero-order valence-electron chi connectivity index (χ0n) is 16.0. The third kappa shape index (κ3) is 3.77. The monoisotopic (exact) mass is 397 g/mol. The number of nitrogens with one attached hydrogen (secondary N) is 1. The van der Waals surface area contributed by atoms with E-state index < -0.39 is 5.54 Å². The van der Waals surface area contributed by atoms with Gasteiger partial charge in [0, 0.05) is 24.7 Å². The number of nitrogens with zero attached hydrogens (tertiary/aromatic N) is 2. The van der Waals surface area contributed by atoms with Crippen LogP contribution in [-0.4, -0.2) is 40.4 Å². The zero-order valence-corrected chi connectivity index (χ0v) is 16.7. The average molecular weight is 398 g/mol. The Balaban J connectivity index is 1.40. The molecule has 28 heavy (non-hydrogen) atoms.